The van der Waals surface area contributed by atoms with Crippen molar-refractivity contribution in [3.05, 3.63) is 76.6 Å². The Kier molecular flexibility index (Phi) is 6.04. The van der Waals surface area contributed by atoms with Crippen LogP contribution in [0.15, 0.2) is 59.1 Å². The average Bonchev–Trinajstić information content (AvgIpc) is 3.14. The SMILES string of the molecule is CCN(Cc1nc(-c2ccc(C)cc2)no1)C(=O)/C=C/c1ccccc1Cl. The summed E-state index contributed by atoms with van der Waals surface area (Å²) in [6, 6.07) is 15.2. The van der Waals surface area contributed by atoms with Gasteiger partial charge in [-0.1, -0.05) is 64.8 Å². The van der Waals surface area contributed by atoms with E-state index < -0.39 is 0 Å². The lowest BCUT2D eigenvalue weighted by Gasteiger charge is -2.16. The van der Waals surface area contributed by atoms with Crippen molar-refractivity contribution in [2.45, 2.75) is 20.4 Å². The number of hydrogen-bond donors (Lipinski definition) is 0. The highest BCUT2D eigenvalue weighted by molar-refractivity contribution is 6.32. The molecule has 0 bridgehead atoms. The lowest BCUT2D eigenvalue weighted by molar-refractivity contribution is -0.126. The van der Waals surface area contributed by atoms with Gasteiger partial charge < -0.3 is 9.42 Å². The van der Waals surface area contributed by atoms with Crippen LogP contribution in [0.2, 0.25) is 5.02 Å². The number of carbonyl (C=O) groups is 1. The van der Waals surface area contributed by atoms with E-state index in [4.69, 9.17) is 16.1 Å². The van der Waals surface area contributed by atoms with Crippen LogP contribution in [0.5, 0.6) is 0 Å². The molecule has 1 heterocycles. The number of aryl methyl sites for hydroxylation is 1. The second-order valence-electron chi connectivity index (χ2n) is 6.09. The predicted octanol–water partition coefficient (Wildman–Crippen LogP) is 4.76. The Hall–Kier alpha value is -2.92. The molecule has 0 atom stereocenters. The van der Waals surface area contributed by atoms with Crippen molar-refractivity contribution in [3.8, 4) is 11.4 Å². The molecule has 2 aromatic carbocycles. The predicted molar refractivity (Wildman–Crippen MR) is 106 cm³/mol. The first-order valence-corrected chi connectivity index (χ1v) is 9.05. The molecule has 3 aromatic rings. The van der Waals surface area contributed by atoms with Gasteiger partial charge in [0.05, 0.1) is 0 Å². The third-order valence-corrected chi connectivity index (χ3v) is 4.45. The van der Waals surface area contributed by atoms with E-state index in [9.17, 15) is 4.79 Å². The van der Waals surface area contributed by atoms with E-state index in [0.717, 1.165) is 16.7 Å². The molecule has 0 radical (unpaired) electrons. The highest BCUT2D eigenvalue weighted by Gasteiger charge is 2.15. The fourth-order valence-electron chi connectivity index (χ4n) is 2.52. The van der Waals surface area contributed by atoms with Crippen LogP contribution in [0.4, 0.5) is 0 Å². The molecule has 27 heavy (non-hydrogen) atoms. The van der Waals surface area contributed by atoms with Gasteiger partial charge >= 0.3 is 0 Å². The third kappa shape index (κ3) is 4.83. The number of halogens is 1. The summed E-state index contributed by atoms with van der Waals surface area (Å²) < 4.78 is 5.31. The first-order chi connectivity index (χ1) is 13.1. The van der Waals surface area contributed by atoms with Crippen molar-refractivity contribution >= 4 is 23.6 Å². The summed E-state index contributed by atoms with van der Waals surface area (Å²) in [5, 5.41) is 4.61. The molecular weight excluding hydrogens is 362 g/mol. The lowest BCUT2D eigenvalue weighted by Crippen LogP contribution is -2.28. The van der Waals surface area contributed by atoms with Crippen LogP contribution in [-0.4, -0.2) is 27.5 Å². The molecule has 0 saturated heterocycles. The zero-order valence-electron chi connectivity index (χ0n) is 15.2. The topological polar surface area (TPSA) is 59.2 Å². The van der Waals surface area contributed by atoms with Gasteiger partial charge in [0.1, 0.15) is 6.54 Å². The standard InChI is InChI=1S/C21H20ClN3O2/c1-3-25(20(26)13-12-16-6-4-5-7-18(16)22)14-19-23-21(24-27-19)17-10-8-15(2)9-11-17/h4-13H,3,14H2,1-2H3/b13-12+. The third-order valence-electron chi connectivity index (χ3n) is 4.11. The minimum absolute atomic E-state index is 0.146. The van der Waals surface area contributed by atoms with E-state index >= 15 is 0 Å². The van der Waals surface area contributed by atoms with Crippen molar-refractivity contribution in [2.75, 3.05) is 6.54 Å². The van der Waals surface area contributed by atoms with Crippen LogP contribution in [0.1, 0.15) is 23.9 Å². The van der Waals surface area contributed by atoms with Crippen LogP contribution in [-0.2, 0) is 11.3 Å². The van der Waals surface area contributed by atoms with Crippen molar-refractivity contribution in [1.29, 1.82) is 0 Å². The van der Waals surface area contributed by atoms with Gasteiger partial charge in [-0.3, -0.25) is 4.79 Å². The van der Waals surface area contributed by atoms with Gasteiger partial charge in [-0.15, -0.1) is 0 Å². The molecule has 1 aromatic heterocycles. The Bertz CT molecular complexity index is 948. The number of aromatic nitrogens is 2. The number of nitrogens with zero attached hydrogens (tertiary/aromatic N) is 3. The molecule has 0 spiro atoms. The van der Waals surface area contributed by atoms with Gasteiger partial charge in [0.25, 0.3) is 0 Å². The number of hydrogen-bond acceptors (Lipinski definition) is 4. The zero-order valence-corrected chi connectivity index (χ0v) is 16.0. The van der Waals surface area contributed by atoms with E-state index in [0.29, 0.717) is 23.3 Å². The fraction of sp³-hybridized carbons (Fsp3) is 0.190. The second-order valence-corrected chi connectivity index (χ2v) is 6.49. The first kappa shape index (κ1) is 18.9. The van der Waals surface area contributed by atoms with Gasteiger partial charge in [-0.25, -0.2) is 0 Å². The van der Waals surface area contributed by atoms with Gasteiger partial charge in [0, 0.05) is 23.2 Å². The van der Waals surface area contributed by atoms with E-state index in [1.54, 1.807) is 17.0 Å². The van der Waals surface area contributed by atoms with E-state index in [2.05, 4.69) is 10.1 Å². The molecule has 0 N–H and O–H groups in total. The van der Waals surface area contributed by atoms with E-state index in [1.807, 2.05) is 56.3 Å². The summed E-state index contributed by atoms with van der Waals surface area (Å²) in [4.78, 5) is 18.5. The molecule has 5 nitrogen and oxygen atoms in total. The van der Waals surface area contributed by atoms with Crippen molar-refractivity contribution in [1.82, 2.24) is 15.0 Å². The zero-order chi connectivity index (χ0) is 19.2. The number of rotatable bonds is 6. The second kappa shape index (κ2) is 8.64. The quantitative estimate of drug-likeness (QED) is 0.577. The van der Waals surface area contributed by atoms with Gasteiger partial charge in [-0.05, 0) is 31.6 Å². The smallest absolute Gasteiger partial charge is 0.247 e. The van der Waals surface area contributed by atoms with Crippen LogP contribution in [0, 0.1) is 6.92 Å². The van der Waals surface area contributed by atoms with Gasteiger partial charge in [0.2, 0.25) is 17.6 Å². The van der Waals surface area contributed by atoms with Crippen molar-refractivity contribution < 1.29 is 9.32 Å². The molecule has 0 aliphatic rings. The van der Waals surface area contributed by atoms with Gasteiger partial charge in [0.15, 0.2) is 0 Å². The molecule has 0 fully saturated rings. The maximum atomic E-state index is 12.5. The van der Waals surface area contributed by atoms with Crippen LogP contribution < -0.4 is 0 Å². The average molecular weight is 382 g/mol. The van der Waals surface area contributed by atoms with Crippen molar-refractivity contribution in [3.63, 3.8) is 0 Å². The van der Waals surface area contributed by atoms with Gasteiger partial charge in [-0.2, -0.15) is 4.98 Å². The molecule has 1 amide bonds. The summed E-state index contributed by atoms with van der Waals surface area (Å²) in [6.45, 7) is 4.69. The molecule has 0 aliphatic carbocycles. The number of likely N-dealkylation sites (N-methyl/N-ethyl adjacent to an activating group) is 1. The Morgan fingerprint density at radius 3 is 2.63 bits per heavy atom. The molecule has 3 rings (SSSR count). The lowest BCUT2D eigenvalue weighted by atomic mass is 10.1. The van der Waals surface area contributed by atoms with E-state index in [1.165, 1.54) is 6.08 Å². The monoisotopic (exact) mass is 381 g/mol. The molecule has 0 unspecified atom stereocenters. The largest absolute Gasteiger partial charge is 0.337 e. The van der Waals surface area contributed by atoms with Crippen LogP contribution >= 0.6 is 11.6 Å². The number of amides is 1. The molecule has 6 heteroatoms. The number of carbonyl (C=O) groups excluding carboxylic acids is 1. The maximum absolute atomic E-state index is 12.5. The van der Waals surface area contributed by atoms with Crippen LogP contribution in [0.3, 0.4) is 0 Å². The summed E-state index contributed by atoms with van der Waals surface area (Å²) in [6.07, 6.45) is 3.21. The molecule has 138 valence electrons. The summed E-state index contributed by atoms with van der Waals surface area (Å²) in [7, 11) is 0. The highest BCUT2D eigenvalue weighted by atomic mass is 35.5. The Balaban J connectivity index is 1.69. The highest BCUT2D eigenvalue weighted by Crippen LogP contribution is 2.18. The Morgan fingerprint density at radius 2 is 1.93 bits per heavy atom. The molecular formula is C21H20ClN3O2. The fourth-order valence-corrected chi connectivity index (χ4v) is 2.72. The minimum atomic E-state index is -0.146. The Labute approximate surface area is 163 Å². The summed E-state index contributed by atoms with van der Waals surface area (Å²) in [5.74, 6) is 0.763. The minimum Gasteiger partial charge on any atom is -0.337 e. The summed E-state index contributed by atoms with van der Waals surface area (Å²) >= 11 is 6.11. The maximum Gasteiger partial charge on any atom is 0.247 e. The Morgan fingerprint density at radius 1 is 1.19 bits per heavy atom. The van der Waals surface area contributed by atoms with Crippen LogP contribution in [0.25, 0.3) is 17.5 Å². The van der Waals surface area contributed by atoms with E-state index in [-0.39, 0.29) is 12.5 Å². The molecule has 0 aliphatic heterocycles. The first-order valence-electron chi connectivity index (χ1n) is 8.68. The summed E-state index contributed by atoms with van der Waals surface area (Å²) in [5.41, 5.74) is 2.84. The molecule has 0 saturated carbocycles. The normalized spacial score (nSPS) is 11.1. The van der Waals surface area contributed by atoms with Crippen molar-refractivity contribution in [2.24, 2.45) is 0 Å². The number of benzene rings is 2.